The fraction of sp³-hybridized carbons (Fsp3) is 0.545. The normalized spacial score (nSPS) is 22.1. The Morgan fingerprint density at radius 1 is 1.14 bits per heavy atom. The molecule has 3 rings (SSSR count). The summed E-state index contributed by atoms with van der Waals surface area (Å²) in [5.74, 6) is 1.43. The molecule has 2 atom stereocenters. The van der Waals surface area contributed by atoms with Crippen molar-refractivity contribution in [2.24, 2.45) is 0 Å². The lowest BCUT2D eigenvalue weighted by Gasteiger charge is -2.24. The maximum absolute atomic E-state index is 12.1. The summed E-state index contributed by atoms with van der Waals surface area (Å²) in [6.45, 7) is 0.746. The van der Waals surface area contributed by atoms with Crippen molar-refractivity contribution in [1.82, 2.24) is 0 Å². The van der Waals surface area contributed by atoms with Crippen LogP contribution in [-0.4, -0.2) is 36.5 Å². The van der Waals surface area contributed by atoms with E-state index >= 15 is 0 Å². The number of esters is 1. The third kappa shape index (κ3) is 7.08. The lowest BCUT2D eigenvalue weighted by Crippen LogP contribution is -2.26. The van der Waals surface area contributed by atoms with E-state index in [1.54, 1.807) is 23.9 Å². The second kappa shape index (κ2) is 11.4. The molecule has 0 saturated carbocycles. The number of carbonyl (C=O) groups is 2. The molecular weight excluding hydrogens is 376 g/mol. The molecule has 5 nitrogen and oxygen atoms in total. The largest absolute Gasteiger partial charge is 0.427 e. The monoisotopic (exact) mass is 404 g/mol. The van der Waals surface area contributed by atoms with Gasteiger partial charge in [-0.05, 0) is 56.1 Å². The third-order valence-electron chi connectivity index (χ3n) is 4.72. The summed E-state index contributed by atoms with van der Waals surface area (Å²) in [4.78, 5) is 24.7. The summed E-state index contributed by atoms with van der Waals surface area (Å²) in [5.41, 5.74) is 0. The van der Waals surface area contributed by atoms with Crippen molar-refractivity contribution in [1.29, 1.82) is 0 Å². The molecule has 1 aromatic rings. The average Bonchev–Trinajstić information content (AvgIpc) is 3.05. The first kappa shape index (κ1) is 21.1. The van der Waals surface area contributed by atoms with Crippen LogP contribution in [0.25, 0.3) is 0 Å². The molecule has 0 spiro atoms. The smallest absolute Gasteiger partial charge is 0.311 e. The Kier molecular flexibility index (Phi) is 8.58. The quantitative estimate of drug-likeness (QED) is 0.321. The first-order valence-electron chi connectivity index (χ1n) is 10.1. The number of Topliss-reactive ketones (excluding diaryl/α,β-unsaturated/α-hetero) is 1. The van der Waals surface area contributed by atoms with Gasteiger partial charge in [0.05, 0.1) is 6.10 Å². The summed E-state index contributed by atoms with van der Waals surface area (Å²) < 4.78 is 16.7. The van der Waals surface area contributed by atoms with Gasteiger partial charge < -0.3 is 14.2 Å². The second-order valence-corrected chi connectivity index (χ2v) is 8.21. The summed E-state index contributed by atoms with van der Waals surface area (Å²) in [6, 6.07) is 9.13. The lowest BCUT2D eigenvalue weighted by atomic mass is 10.2. The molecule has 0 amide bonds. The number of hydrogen-bond acceptors (Lipinski definition) is 6. The van der Waals surface area contributed by atoms with Gasteiger partial charge in [-0.3, -0.25) is 9.59 Å². The summed E-state index contributed by atoms with van der Waals surface area (Å²) >= 11 is 1.59. The highest BCUT2D eigenvalue weighted by molar-refractivity contribution is 8.04. The van der Waals surface area contributed by atoms with E-state index in [-0.39, 0.29) is 24.1 Å². The maximum atomic E-state index is 12.1. The number of thioether (sulfide) groups is 1. The molecule has 28 heavy (non-hydrogen) atoms. The van der Waals surface area contributed by atoms with Crippen molar-refractivity contribution < 1.29 is 23.8 Å². The third-order valence-corrected chi connectivity index (χ3v) is 5.89. The molecule has 0 aromatic heterocycles. The second-order valence-electron chi connectivity index (χ2n) is 7.08. The molecule has 2 unspecified atom stereocenters. The first-order valence-corrected chi connectivity index (χ1v) is 11.1. The van der Waals surface area contributed by atoms with E-state index in [1.165, 1.54) is 0 Å². The number of rotatable bonds is 10. The molecule has 1 aliphatic heterocycles. The van der Waals surface area contributed by atoms with Crippen LogP contribution in [0, 0.1) is 0 Å². The summed E-state index contributed by atoms with van der Waals surface area (Å²) in [7, 11) is 0. The van der Waals surface area contributed by atoms with Crippen LogP contribution < -0.4 is 4.74 Å². The van der Waals surface area contributed by atoms with Gasteiger partial charge in [0, 0.05) is 24.4 Å². The van der Waals surface area contributed by atoms with Crippen LogP contribution in [0.3, 0.4) is 0 Å². The molecule has 1 fully saturated rings. The van der Waals surface area contributed by atoms with Crippen molar-refractivity contribution in [3.63, 3.8) is 0 Å². The van der Waals surface area contributed by atoms with E-state index in [1.807, 2.05) is 24.3 Å². The van der Waals surface area contributed by atoms with Gasteiger partial charge >= 0.3 is 5.97 Å². The van der Waals surface area contributed by atoms with Crippen LogP contribution in [-0.2, 0) is 19.1 Å². The molecule has 1 aromatic carbocycles. The topological polar surface area (TPSA) is 61.8 Å². The maximum Gasteiger partial charge on any atom is 0.311 e. The van der Waals surface area contributed by atoms with E-state index in [2.05, 4.69) is 0 Å². The van der Waals surface area contributed by atoms with Gasteiger partial charge in [0.2, 0.25) is 0 Å². The average molecular weight is 405 g/mol. The van der Waals surface area contributed by atoms with Crippen molar-refractivity contribution in [3.8, 4) is 5.75 Å². The molecule has 1 saturated heterocycles. The zero-order chi connectivity index (χ0) is 19.6. The van der Waals surface area contributed by atoms with Crippen LogP contribution in [0.4, 0.5) is 0 Å². The number of ether oxygens (including phenoxy) is 3. The van der Waals surface area contributed by atoms with Crippen LogP contribution in [0.1, 0.15) is 51.4 Å². The van der Waals surface area contributed by atoms with Crippen molar-refractivity contribution in [2.75, 3.05) is 12.4 Å². The van der Waals surface area contributed by atoms with E-state index in [0.717, 1.165) is 55.8 Å². The van der Waals surface area contributed by atoms with Gasteiger partial charge in [-0.25, -0.2) is 0 Å². The van der Waals surface area contributed by atoms with Crippen LogP contribution in [0.5, 0.6) is 5.75 Å². The zero-order valence-corrected chi connectivity index (χ0v) is 17.0. The Labute approximate surface area is 170 Å². The number of para-hydroxylation sites is 1. The SMILES string of the molecule is O=C(CCCCCSC1=CC(OC2CCCCO2)CC1=O)Oc1ccccc1. The number of unbranched alkanes of at least 4 members (excludes halogenated alkanes) is 2. The fourth-order valence-corrected chi connectivity index (χ4v) is 4.30. The van der Waals surface area contributed by atoms with Crippen molar-refractivity contribution in [3.05, 3.63) is 41.3 Å². The van der Waals surface area contributed by atoms with Crippen LogP contribution in [0.15, 0.2) is 41.3 Å². The highest BCUT2D eigenvalue weighted by Crippen LogP contribution is 2.30. The number of benzene rings is 1. The Morgan fingerprint density at radius 3 is 2.79 bits per heavy atom. The highest BCUT2D eigenvalue weighted by atomic mass is 32.2. The van der Waals surface area contributed by atoms with Gasteiger partial charge in [0.25, 0.3) is 0 Å². The summed E-state index contributed by atoms with van der Waals surface area (Å²) in [5, 5.41) is 0. The highest BCUT2D eigenvalue weighted by Gasteiger charge is 2.28. The predicted molar refractivity (Wildman–Crippen MR) is 109 cm³/mol. The van der Waals surface area contributed by atoms with Gasteiger partial charge in [-0.15, -0.1) is 11.8 Å². The van der Waals surface area contributed by atoms with E-state index in [4.69, 9.17) is 14.2 Å². The molecular formula is C22H28O5S. The molecule has 1 aliphatic carbocycles. The number of carbonyl (C=O) groups excluding carboxylic acids is 2. The Hall–Kier alpha value is -1.63. The Bertz CT molecular complexity index is 667. The standard InChI is InChI=1S/C22H28O5S/c23-19-15-18(27-22-12-6-7-13-25-22)16-20(19)28-14-8-2-5-11-21(24)26-17-9-3-1-4-10-17/h1,3-4,9-10,16,18,22H,2,5-8,11-15H2. The zero-order valence-electron chi connectivity index (χ0n) is 16.1. The molecule has 2 aliphatic rings. The molecule has 1 heterocycles. The number of hydrogen-bond donors (Lipinski definition) is 0. The van der Waals surface area contributed by atoms with Gasteiger partial charge in [-0.1, -0.05) is 24.6 Å². The van der Waals surface area contributed by atoms with Crippen molar-refractivity contribution in [2.45, 2.75) is 63.8 Å². The van der Waals surface area contributed by atoms with Gasteiger partial charge in [0.15, 0.2) is 12.1 Å². The first-order chi connectivity index (χ1) is 13.7. The lowest BCUT2D eigenvalue weighted by molar-refractivity contribution is -0.178. The van der Waals surface area contributed by atoms with Crippen molar-refractivity contribution >= 4 is 23.5 Å². The minimum Gasteiger partial charge on any atom is -0.427 e. The molecule has 6 heteroatoms. The van der Waals surface area contributed by atoms with E-state index < -0.39 is 0 Å². The minimum atomic E-state index is -0.197. The van der Waals surface area contributed by atoms with E-state index in [9.17, 15) is 9.59 Å². The molecule has 152 valence electrons. The van der Waals surface area contributed by atoms with E-state index in [0.29, 0.717) is 18.6 Å². The fourth-order valence-electron chi connectivity index (χ4n) is 3.23. The number of ketones is 1. The molecule has 0 N–H and O–H groups in total. The Morgan fingerprint density at radius 2 is 2.00 bits per heavy atom. The molecule has 0 radical (unpaired) electrons. The predicted octanol–water partition coefficient (Wildman–Crippen LogP) is 4.65. The molecule has 0 bridgehead atoms. The van der Waals surface area contributed by atoms with Gasteiger partial charge in [-0.2, -0.15) is 0 Å². The van der Waals surface area contributed by atoms with Crippen LogP contribution in [0.2, 0.25) is 0 Å². The summed E-state index contributed by atoms with van der Waals surface area (Å²) in [6.07, 6.45) is 8.29. The van der Waals surface area contributed by atoms with Gasteiger partial charge in [0.1, 0.15) is 5.75 Å². The number of allylic oxidation sites excluding steroid dienone is 1. The minimum absolute atomic E-state index is 0.147. The van der Waals surface area contributed by atoms with Crippen LogP contribution >= 0.6 is 11.8 Å². The Balaban J connectivity index is 1.26.